The maximum absolute atomic E-state index is 11.8. The number of aliphatic carboxylic acids is 1. The first-order valence-corrected chi connectivity index (χ1v) is 6.97. The van der Waals surface area contributed by atoms with Crippen LogP contribution in [-0.2, 0) is 16.0 Å². The van der Waals surface area contributed by atoms with Crippen LogP contribution in [0.2, 0.25) is 0 Å². The molecule has 1 aromatic heterocycles. The van der Waals surface area contributed by atoms with Crippen molar-refractivity contribution in [1.29, 1.82) is 0 Å². The zero-order valence-corrected chi connectivity index (χ0v) is 12.1. The molecule has 2 rings (SSSR count). The summed E-state index contributed by atoms with van der Waals surface area (Å²) >= 11 is 0. The third kappa shape index (κ3) is 3.30. The molecular formula is C15H17N3O4. The summed E-state index contributed by atoms with van der Waals surface area (Å²) in [4.78, 5) is 36.8. The van der Waals surface area contributed by atoms with E-state index >= 15 is 0 Å². The van der Waals surface area contributed by atoms with Gasteiger partial charge in [0, 0.05) is 23.5 Å². The molecular weight excluding hydrogens is 286 g/mol. The third-order valence-corrected chi connectivity index (χ3v) is 3.53. The second-order valence-electron chi connectivity index (χ2n) is 4.99. The van der Waals surface area contributed by atoms with E-state index in [-0.39, 0.29) is 12.8 Å². The van der Waals surface area contributed by atoms with E-state index in [0.717, 1.165) is 16.5 Å². The minimum absolute atomic E-state index is 0.125. The van der Waals surface area contributed by atoms with E-state index in [4.69, 9.17) is 0 Å². The Kier molecular flexibility index (Phi) is 4.88. The largest absolute Gasteiger partial charge is 0.480 e. The standard InChI is InChI=1S/C15H17N3O4/c1-2-11(18-22)14(19)17-13(15(20)21)7-9-8-16-12-6-4-3-5-10(9)12/h3-6,8,11,13,16H,2,7H2,1H3,(H,17,19)(H,20,21)/t11?,13-/m0/s1. The fourth-order valence-corrected chi connectivity index (χ4v) is 2.30. The van der Waals surface area contributed by atoms with Gasteiger partial charge in [-0.3, -0.25) is 4.79 Å². The maximum Gasteiger partial charge on any atom is 0.326 e. The number of nitrogens with one attached hydrogen (secondary N) is 2. The normalized spacial score (nSPS) is 13.5. The average molecular weight is 303 g/mol. The molecule has 22 heavy (non-hydrogen) atoms. The average Bonchev–Trinajstić information content (AvgIpc) is 2.91. The first kappa shape index (κ1) is 15.7. The first-order valence-electron chi connectivity index (χ1n) is 6.97. The molecule has 0 saturated carbocycles. The molecule has 1 heterocycles. The number of hydrogen-bond donors (Lipinski definition) is 3. The molecule has 0 bridgehead atoms. The summed E-state index contributed by atoms with van der Waals surface area (Å²) in [5, 5.41) is 15.3. The summed E-state index contributed by atoms with van der Waals surface area (Å²) in [6.45, 7) is 1.64. The highest BCUT2D eigenvalue weighted by Crippen LogP contribution is 2.19. The Labute approximate surface area is 126 Å². The van der Waals surface area contributed by atoms with Crippen LogP contribution in [0, 0.1) is 4.91 Å². The summed E-state index contributed by atoms with van der Waals surface area (Å²) < 4.78 is 0. The van der Waals surface area contributed by atoms with Crippen molar-refractivity contribution >= 4 is 22.8 Å². The number of carboxylic acid groups (broad SMARTS) is 1. The van der Waals surface area contributed by atoms with E-state index < -0.39 is 24.0 Å². The highest BCUT2D eigenvalue weighted by atomic mass is 16.4. The van der Waals surface area contributed by atoms with Crippen LogP contribution in [0.4, 0.5) is 0 Å². The number of benzene rings is 1. The van der Waals surface area contributed by atoms with Gasteiger partial charge in [-0.1, -0.05) is 30.3 Å². The van der Waals surface area contributed by atoms with E-state index in [1.54, 1.807) is 13.1 Å². The molecule has 0 aliphatic carbocycles. The summed E-state index contributed by atoms with van der Waals surface area (Å²) in [7, 11) is 0. The maximum atomic E-state index is 11.8. The molecule has 1 unspecified atom stereocenters. The second kappa shape index (κ2) is 6.84. The van der Waals surface area contributed by atoms with E-state index in [0.29, 0.717) is 0 Å². The van der Waals surface area contributed by atoms with Crippen LogP contribution < -0.4 is 5.32 Å². The van der Waals surface area contributed by atoms with Gasteiger partial charge in [-0.15, -0.1) is 4.91 Å². The zero-order chi connectivity index (χ0) is 16.1. The van der Waals surface area contributed by atoms with Crippen LogP contribution in [0.5, 0.6) is 0 Å². The number of carbonyl (C=O) groups excluding carboxylic acids is 1. The van der Waals surface area contributed by atoms with Gasteiger partial charge in [-0.25, -0.2) is 4.79 Å². The lowest BCUT2D eigenvalue weighted by Gasteiger charge is -2.15. The van der Waals surface area contributed by atoms with Gasteiger partial charge in [-0.05, 0) is 18.1 Å². The summed E-state index contributed by atoms with van der Waals surface area (Å²) in [5.74, 6) is -1.82. The van der Waals surface area contributed by atoms with E-state index in [2.05, 4.69) is 15.5 Å². The molecule has 2 aromatic rings. The molecule has 7 heteroatoms. The summed E-state index contributed by atoms with van der Waals surface area (Å²) in [5.41, 5.74) is 1.68. The van der Waals surface area contributed by atoms with E-state index in [1.165, 1.54) is 0 Å². The van der Waals surface area contributed by atoms with E-state index in [1.807, 2.05) is 24.3 Å². The van der Waals surface area contributed by atoms with Crippen molar-refractivity contribution in [2.45, 2.75) is 31.8 Å². The molecule has 7 nitrogen and oxygen atoms in total. The Hall–Kier alpha value is -2.70. The van der Waals surface area contributed by atoms with Crippen molar-refractivity contribution in [3.05, 3.63) is 40.9 Å². The highest BCUT2D eigenvalue weighted by molar-refractivity contribution is 5.88. The van der Waals surface area contributed by atoms with Crippen LogP contribution in [0.3, 0.4) is 0 Å². The lowest BCUT2D eigenvalue weighted by atomic mass is 10.0. The van der Waals surface area contributed by atoms with Gasteiger partial charge in [0.15, 0.2) is 6.04 Å². The van der Waals surface area contributed by atoms with Gasteiger partial charge in [0.05, 0.1) is 0 Å². The Bertz CT molecular complexity index is 695. The quantitative estimate of drug-likeness (QED) is 0.677. The minimum atomic E-state index is -1.15. The van der Waals surface area contributed by atoms with Crippen molar-refractivity contribution in [3.63, 3.8) is 0 Å². The number of nitrogens with zero attached hydrogens (tertiary/aromatic N) is 1. The van der Waals surface area contributed by atoms with Crippen LogP contribution in [0.25, 0.3) is 10.9 Å². The lowest BCUT2D eigenvalue weighted by Crippen LogP contribution is -2.46. The Morgan fingerprint density at radius 1 is 1.36 bits per heavy atom. The zero-order valence-electron chi connectivity index (χ0n) is 12.1. The fraction of sp³-hybridized carbons (Fsp3) is 0.333. The Balaban J connectivity index is 2.17. The number of carboxylic acids is 1. The molecule has 1 aromatic carbocycles. The van der Waals surface area contributed by atoms with Crippen molar-refractivity contribution in [1.82, 2.24) is 10.3 Å². The molecule has 0 fully saturated rings. The number of aromatic amines is 1. The van der Waals surface area contributed by atoms with Crippen molar-refractivity contribution in [3.8, 4) is 0 Å². The number of carbonyl (C=O) groups is 2. The number of aromatic nitrogens is 1. The van der Waals surface area contributed by atoms with Crippen molar-refractivity contribution in [2.75, 3.05) is 0 Å². The smallest absolute Gasteiger partial charge is 0.326 e. The Morgan fingerprint density at radius 3 is 2.73 bits per heavy atom. The number of nitroso groups, excluding NO2 is 1. The molecule has 2 atom stereocenters. The lowest BCUT2D eigenvalue weighted by molar-refractivity contribution is -0.142. The molecule has 0 aliphatic heterocycles. The predicted molar refractivity (Wildman–Crippen MR) is 81.4 cm³/mol. The predicted octanol–water partition coefficient (Wildman–Crippen LogP) is 1.82. The van der Waals surface area contributed by atoms with Gasteiger partial charge >= 0.3 is 5.97 Å². The molecule has 3 N–H and O–H groups in total. The number of rotatable bonds is 7. The van der Waals surface area contributed by atoms with Gasteiger partial charge < -0.3 is 15.4 Å². The van der Waals surface area contributed by atoms with Crippen molar-refractivity contribution in [2.24, 2.45) is 5.18 Å². The monoisotopic (exact) mass is 303 g/mol. The van der Waals surface area contributed by atoms with Crippen LogP contribution in [0.1, 0.15) is 18.9 Å². The molecule has 0 aliphatic rings. The molecule has 116 valence electrons. The van der Waals surface area contributed by atoms with Gasteiger partial charge in [0.2, 0.25) is 5.91 Å². The SMILES string of the molecule is CCC(N=O)C(=O)N[C@@H](Cc1c[nH]c2ccccc12)C(=O)O. The summed E-state index contributed by atoms with van der Waals surface area (Å²) in [6, 6.07) is 5.32. The number of fused-ring (bicyclic) bond motifs is 1. The van der Waals surface area contributed by atoms with Crippen LogP contribution in [0.15, 0.2) is 35.6 Å². The molecule has 1 amide bonds. The second-order valence-corrected chi connectivity index (χ2v) is 4.99. The number of para-hydroxylation sites is 1. The number of H-pyrrole nitrogens is 1. The molecule has 0 saturated heterocycles. The summed E-state index contributed by atoms with van der Waals surface area (Å²) in [6.07, 6.45) is 2.08. The molecule has 0 radical (unpaired) electrons. The minimum Gasteiger partial charge on any atom is -0.480 e. The van der Waals surface area contributed by atoms with Crippen molar-refractivity contribution < 1.29 is 14.7 Å². The number of hydrogen-bond acceptors (Lipinski definition) is 4. The topological polar surface area (TPSA) is 112 Å². The molecule has 0 spiro atoms. The third-order valence-electron chi connectivity index (χ3n) is 3.53. The van der Waals surface area contributed by atoms with Crippen LogP contribution in [-0.4, -0.2) is 34.1 Å². The van der Waals surface area contributed by atoms with Gasteiger partial charge in [0.1, 0.15) is 6.04 Å². The number of amides is 1. The van der Waals surface area contributed by atoms with Gasteiger partial charge in [-0.2, -0.15) is 0 Å². The Morgan fingerprint density at radius 2 is 2.09 bits per heavy atom. The highest BCUT2D eigenvalue weighted by Gasteiger charge is 2.25. The van der Waals surface area contributed by atoms with Crippen LogP contribution >= 0.6 is 0 Å². The van der Waals surface area contributed by atoms with Gasteiger partial charge in [0.25, 0.3) is 0 Å². The fourth-order valence-electron chi connectivity index (χ4n) is 2.30. The first-order chi connectivity index (χ1) is 10.6. The van der Waals surface area contributed by atoms with E-state index in [9.17, 15) is 19.6 Å².